The molecule has 0 spiro atoms. The summed E-state index contributed by atoms with van der Waals surface area (Å²) in [5.41, 5.74) is 2.27. The molecule has 2 atom stereocenters. The molecule has 2 heteroatoms. The third-order valence-electron chi connectivity index (χ3n) is 4.37. The second-order valence-corrected chi connectivity index (χ2v) is 6.09. The Morgan fingerprint density at radius 2 is 2.11 bits per heavy atom. The van der Waals surface area contributed by atoms with E-state index in [1.807, 2.05) is 0 Å². The molecule has 1 N–H and O–H groups in total. The zero-order valence-corrected chi connectivity index (χ0v) is 12.1. The molecule has 102 valence electrons. The molecule has 1 fully saturated rings. The van der Waals surface area contributed by atoms with E-state index in [0.29, 0.717) is 11.8 Å². The van der Waals surface area contributed by atoms with Gasteiger partial charge in [0.1, 0.15) is 11.3 Å². The van der Waals surface area contributed by atoms with Crippen LogP contribution in [-0.2, 0) is 0 Å². The molecular formula is C17H23NO. The van der Waals surface area contributed by atoms with Gasteiger partial charge in [0.2, 0.25) is 0 Å². The van der Waals surface area contributed by atoms with Crippen LogP contribution in [0.4, 0.5) is 0 Å². The van der Waals surface area contributed by atoms with Crippen LogP contribution in [0.15, 0.2) is 28.7 Å². The summed E-state index contributed by atoms with van der Waals surface area (Å²) in [5, 5.41) is 4.84. The van der Waals surface area contributed by atoms with E-state index >= 15 is 0 Å². The van der Waals surface area contributed by atoms with Crippen LogP contribution in [0.5, 0.6) is 0 Å². The first-order valence-corrected chi connectivity index (χ1v) is 7.37. The van der Waals surface area contributed by atoms with Gasteiger partial charge in [-0.25, -0.2) is 0 Å². The highest BCUT2D eigenvalue weighted by Gasteiger charge is 2.24. The second kappa shape index (κ2) is 5.01. The first kappa shape index (κ1) is 12.7. The van der Waals surface area contributed by atoms with Gasteiger partial charge >= 0.3 is 0 Å². The molecule has 1 aromatic heterocycles. The topological polar surface area (TPSA) is 25.2 Å². The summed E-state index contributed by atoms with van der Waals surface area (Å²) in [7, 11) is 0. The lowest BCUT2D eigenvalue weighted by atomic mass is 9.93. The summed E-state index contributed by atoms with van der Waals surface area (Å²) in [6, 6.07) is 9.33. The predicted molar refractivity (Wildman–Crippen MR) is 79.6 cm³/mol. The fourth-order valence-corrected chi connectivity index (χ4v) is 2.55. The van der Waals surface area contributed by atoms with E-state index in [4.69, 9.17) is 4.42 Å². The van der Waals surface area contributed by atoms with E-state index in [2.05, 4.69) is 50.4 Å². The summed E-state index contributed by atoms with van der Waals surface area (Å²) >= 11 is 0. The third-order valence-corrected chi connectivity index (χ3v) is 4.37. The van der Waals surface area contributed by atoms with Crippen molar-refractivity contribution in [1.29, 1.82) is 0 Å². The second-order valence-electron chi connectivity index (χ2n) is 6.09. The van der Waals surface area contributed by atoms with Crippen molar-refractivity contribution in [1.82, 2.24) is 5.32 Å². The minimum Gasteiger partial charge on any atom is -0.461 e. The van der Waals surface area contributed by atoms with Gasteiger partial charge in [0, 0.05) is 17.3 Å². The Morgan fingerprint density at radius 3 is 2.79 bits per heavy atom. The van der Waals surface area contributed by atoms with Crippen LogP contribution >= 0.6 is 0 Å². The van der Waals surface area contributed by atoms with Gasteiger partial charge in [-0.05, 0) is 43.9 Å². The van der Waals surface area contributed by atoms with Crippen LogP contribution in [0.3, 0.4) is 0 Å². The van der Waals surface area contributed by atoms with Gasteiger partial charge in [-0.2, -0.15) is 0 Å². The lowest BCUT2D eigenvalue weighted by Crippen LogP contribution is -2.25. The zero-order valence-electron chi connectivity index (χ0n) is 12.1. The average molecular weight is 257 g/mol. The first-order chi connectivity index (χ1) is 9.15. The number of para-hydroxylation sites is 1. The van der Waals surface area contributed by atoms with Gasteiger partial charge in [-0.3, -0.25) is 0 Å². The molecule has 2 nitrogen and oxygen atoms in total. The Kier molecular flexibility index (Phi) is 3.36. The van der Waals surface area contributed by atoms with Crippen molar-refractivity contribution >= 4 is 11.0 Å². The van der Waals surface area contributed by atoms with Crippen molar-refractivity contribution in [2.24, 2.45) is 5.92 Å². The Bertz CT molecular complexity index is 568. The summed E-state index contributed by atoms with van der Waals surface area (Å²) in [6.07, 6.45) is 2.70. The van der Waals surface area contributed by atoms with Crippen LogP contribution < -0.4 is 5.32 Å². The van der Waals surface area contributed by atoms with Crippen molar-refractivity contribution < 1.29 is 4.42 Å². The molecule has 1 aliphatic carbocycles. The third kappa shape index (κ3) is 2.69. The van der Waals surface area contributed by atoms with E-state index < -0.39 is 0 Å². The number of rotatable bonds is 5. The molecule has 19 heavy (non-hydrogen) atoms. The number of hydrogen-bond donors (Lipinski definition) is 1. The fraction of sp³-hybridized carbons (Fsp3) is 0.529. The fourth-order valence-electron chi connectivity index (χ4n) is 2.55. The van der Waals surface area contributed by atoms with Gasteiger partial charge < -0.3 is 9.73 Å². The van der Waals surface area contributed by atoms with Crippen LogP contribution in [0.1, 0.15) is 43.9 Å². The summed E-state index contributed by atoms with van der Waals surface area (Å²) in [5.74, 6) is 2.17. The van der Waals surface area contributed by atoms with Gasteiger partial charge in [-0.15, -0.1) is 0 Å². The Morgan fingerprint density at radius 1 is 1.32 bits per heavy atom. The van der Waals surface area contributed by atoms with Crippen molar-refractivity contribution in [3.8, 4) is 0 Å². The number of hydrogen-bond acceptors (Lipinski definition) is 2. The lowest BCUT2D eigenvalue weighted by Gasteiger charge is -2.18. The highest BCUT2D eigenvalue weighted by Crippen LogP contribution is 2.31. The number of nitrogens with one attached hydrogen (secondary N) is 1. The summed E-state index contributed by atoms with van der Waals surface area (Å²) in [6.45, 7) is 7.77. The standard InChI is InChI=1S/C17H23NO/c1-11-5-4-6-14-9-16(19-17(11)14)13(3)12(2)10-18-15-7-8-15/h4-6,9,12-13,15,18H,7-8,10H2,1-3H3. The van der Waals surface area contributed by atoms with Crippen molar-refractivity contribution in [2.45, 2.75) is 45.6 Å². The van der Waals surface area contributed by atoms with Crippen LogP contribution in [0, 0.1) is 12.8 Å². The molecule has 2 unspecified atom stereocenters. The molecule has 1 aromatic carbocycles. The van der Waals surface area contributed by atoms with E-state index in [-0.39, 0.29) is 0 Å². The predicted octanol–water partition coefficient (Wildman–Crippen LogP) is 4.23. The number of aryl methyl sites for hydroxylation is 1. The normalized spacial score (nSPS) is 18.7. The van der Waals surface area contributed by atoms with Crippen LogP contribution in [-0.4, -0.2) is 12.6 Å². The van der Waals surface area contributed by atoms with Crippen molar-refractivity contribution in [3.05, 3.63) is 35.6 Å². The highest BCUT2D eigenvalue weighted by atomic mass is 16.3. The van der Waals surface area contributed by atoms with E-state index in [1.165, 1.54) is 23.8 Å². The molecule has 0 saturated heterocycles. The Balaban J connectivity index is 1.76. The minimum atomic E-state index is 0.457. The smallest absolute Gasteiger partial charge is 0.137 e. The maximum absolute atomic E-state index is 6.08. The first-order valence-electron chi connectivity index (χ1n) is 7.37. The maximum atomic E-state index is 6.08. The molecule has 3 rings (SSSR count). The van der Waals surface area contributed by atoms with E-state index in [0.717, 1.165) is 23.9 Å². The summed E-state index contributed by atoms with van der Waals surface area (Å²) < 4.78 is 6.08. The van der Waals surface area contributed by atoms with Crippen molar-refractivity contribution in [3.63, 3.8) is 0 Å². The highest BCUT2D eigenvalue weighted by molar-refractivity contribution is 5.81. The average Bonchev–Trinajstić information content (AvgIpc) is 3.12. The molecule has 1 aliphatic rings. The monoisotopic (exact) mass is 257 g/mol. The quantitative estimate of drug-likeness (QED) is 0.867. The number of furan rings is 1. The van der Waals surface area contributed by atoms with E-state index in [9.17, 15) is 0 Å². The molecule has 0 aliphatic heterocycles. The molecule has 1 saturated carbocycles. The number of fused-ring (bicyclic) bond motifs is 1. The maximum Gasteiger partial charge on any atom is 0.137 e. The van der Waals surface area contributed by atoms with Gasteiger partial charge in [0.25, 0.3) is 0 Å². The number of benzene rings is 1. The SMILES string of the molecule is Cc1cccc2cc(C(C)C(C)CNC3CC3)oc12. The van der Waals surface area contributed by atoms with Crippen LogP contribution in [0.2, 0.25) is 0 Å². The molecule has 0 bridgehead atoms. The molecular weight excluding hydrogens is 234 g/mol. The largest absolute Gasteiger partial charge is 0.461 e. The lowest BCUT2D eigenvalue weighted by molar-refractivity contribution is 0.390. The minimum absolute atomic E-state index is 0.457. The van der Waals surface area contributed by atoms with E-state index in [1.54, 1.807) is 0 Å². The van der Waals surface area contributed by atoms with Gasteiger partial charge in [0.05, 0.1) is 0 Å². The molecule has 0 amide bonds. The molecule has 2 aromatic rings. The Labute approximate surface area is 115 Å². The molecule has 1 heterocycles. The van der Waals surface area contributed by atoms with Crippen LogP contribution in [0.25, 0.3) is 11.0 Å². The Hall–Kier alpha value is -1.28. The molecule has 0 radical (unpaired) electrons. The zero-order chi connectivity index (χ0) is 13.4. The van der Waals surface area contributed by atoms with Gasteiger partial charge in [0.15, 0.2) is 0 Å². The van der Waals surface area contributed by atoms with Crippen molar-refractivity contribution in [2.75, 3.05) is 6.54 Å². The summed E-state index contributed by atoms with van der Waals surface area (Å²) in [4.78, 5) is 0. The van der Waals surface area contributed by atoms with Gasteiger partial charge in [-0.1, -0.05) is 32.0 Å².